The van der Waals surface area contributed by atoms with Crippen LogP contribution in [0.3, 0.4) is 0 Å². The zero-order chi connectivity index (χ0) is 13.1. The van der Waals surface area contributed by atoms with Gasteiger partial charge in [0.05, 0.1) is 11.7 Å². The fourth-order valence-electron chi connectivity index (χ4n) is 2.24. The second-order valence-corrected chi connectivity index (χ2v) is 6.30. The number of amides is 1. The van der Waals surface area contributed by atoms with E-state index in [1.165, 1.54) is 22.7 Å². The van der Waals surface area contributed by atoms with Gasteiger partial charge < -0.3 is 11.1 Å². The van der Waals surface area contributed by atoms with E-state index in [2.05, 4.69) is 12.2 Å². The summed E-state index contributed by atoms with van der Waals surface area (Å²) in [5, 5.41) is 4.67. The van der Waals surface area contributed by atoms with Crippen LogP contribution in [0.25, 0.3) is 0 Å². The molecule has 2 heterocycles. The molecule has 1 aromatic rings. The van der Waals surface area contributed by atoms with E-state index >= 15 is 0 Å². The minimum Gasteiger partial charge on any atom is -0.369 e. The Morgan fingerprint density at radius 1 is 1.61 bits per heavy atom. The monoisotopic (exact) mass is 267 g/mol. The number of aromatic nitrogens is 1. The minimum atomic E-state index is -0.250. The van der Waals surface area contributed by atoms with Crippen molar-refractivity contribution in [3.05, 3.63) is 15.6 Å². The summed E-state index contributed by atoms with van der Waals surface area (Å²) in [6.45, 7) is 5.02. The molecule has 1 saturated heterocycles. The summed E-state index contributed by atoms with van der Waals surface area (Å²) in [6, 6.07) is 0.403. The van der Waals surface area contributed by atoms with Gasteiger partial charge in [0.2, 0.25) is 5.91 Å². The molecule has 0 radical (unpaired) electrons. The quantitative estimate of drug-likeness (QED) is 0.876. The number of thiazole rings is 1. The molecule has 2 atom stereocenters. The Kier molecular flexibility index (Phi) is 4.35. The highest BCUT2D eigenvalue weighted by atomic mass is 32.1. The molecule has 4 nitrogen and oxygen atoms in total. The van der Waals surface area contributed by atoms with Crippen molar-refractivity contribution in [2.75, 3.05) is 6.54 Å². The third-order valence-corrected chi connectivity index (χ3v) is 4.63. The van der Waals surface area contributed by atoms with E-state index in [-0.39, 0.29) is 11.8 Å². The summed E-state index contributed by atoms with van der Waals surface area (Å²) in [5.41, 5.74) is 6.34. The summed E-state index contributed by atoms with van der Waals surface area (Å²) in [6.07, 6.45) is 4.35. The summed E-state index contributed by atoms with van der Waals surface area (Å²) >= 11 is 1.75. The molecule has 2 unspecified atom stereocenters. The first kappa shape index (κ1) is 13.5. The van der Waals surface area contributed by atoms with Gasteiger partial charge in [-0.2, -0.15) is 0 Å². The summed E-state index contributed by atoms with van der Waals surface area (Å²) in [7, 11) is 0. The largest absolute Gasteiger partial charge is 0.369 e. The second-order valence-electron chi connectivity index (χ2n) is 5.07. The number of piperidine rings is 1. The van der Waals surface area contributed by atoms with Crippen LogP contribution in [0.5, 0.6) is 0 Å². The zero-order valence-corrected chi connectivity index (χ0v) is 11.8. The zero-order valence-electron chi connectivity index (χ0n) is 11.0. The van der Waals surface area contributed by atoms with E-state index in [9.17, 15) is 4.79 Å². The van der Waals surface area contributed by atoms with E-state index in [1.807, 2.05) is 6.92 Å². The lowest BCUT2D eigenvalue weighted by molar-refractivity contribution is -0.121. The number of carbonyl (C=O) groups excluding carboxylic acids is 1. The Morgan fingerprint density at radius 3 is 3.00 bits per heavy atom. The van der Waals surface area contributed by atoms with Gasteiger partial charge in [0.25, 0.3) is 0 Å². The highest BCUT2D eigenvalue weighted by Gasteiger charge is 2.21. The van der Waals surface area contributed by atoms with E-state index in [1.54, 1.807) is 11.3 Å². The molecular formula is C13H21N3OS. The Morgan fingerprint density at radius 2 is 2.39 bits per heavy atom. The van der Waals surface area contributed by atoms with Crippen molar-refractivity contribution in [3.63, 3.8) is 0 Å². The number of primary amides is 1. The summed E-state index contributed by atoms with van der Waals surface area (Å²) in [4.78, 5) is 17.0. The van der Waals surface area contributed by atoms with Gasteiger partial charge in [-0.15, -0.1) is 11.3 Å². The predicted molar refractivity (Wildman–Crippen MR) is 73.5 cm³/mol. The molecule has 2 rings (SSSR count). The summed E-state index contributed by atoms with van der Waals surface area (Å²) < 4.78 is 0. The van der Waals surface area contributed by atoms with Crippen molar-refractivity contribution in [1.82, 2.24) is 10.3 Å². The van der Waals surface area contributed by atoms with Gasteiger partial charge in [0.15, 0.2) is 0 Å². The van der Waals surface area contributed by atoms with Crippen LogP contribution in [0.1, 0.15) is 47.8 Å². The lowest BCUT2D eigenvalue weighted by atomic mass is 10.0. The molecular weight excluding hydrogens is 246 g/mol. The van der Waals surface area contributed by atoms with Crippen LogP contribution in [0.4, 0.5) is 0 Å². The molecule has 0 spiro atoms. The third-order valence-electron chi connectivity index (χ3n) is 3.50. The topological polar surface area (TPSA) is 68.0 Å². The van der Waals surface area contributed by atoms with Gasteiger partial charge >= 0.3 is 0 Å². The lowest BCUT2D eigenvalue weighted by Crippen LogP contribution is -2.26. The Balaban J connectivity index is 2.08. The van der Waals surface area contributed by atoms with Crippen molar-refractivity contribution < 1.29 is 4.79 Å². The molecule has 100 valence electrons. The maximum atomic E-state index is 11.1. The molecule has 1 aliphatic rings. The van der Waals surface area contributed by atoms with E-state index in [4.69, 9.17) is 10.7 Å². The SMILES string of the molecule is Cc1sc(C2CCCCN2)nc1CC(C)C(N)=O. The molecule has 0 bridgehead atoms. The minimum absolute atomic E-state index is 0.141. The van der Waals surface area contributed by atoms with Crippen molar-refractivity contribution in [2.45, 2.75) is 45.6 Å². The second kappa shape index (κ2) is 5.80. The molecule has 1 aromatic heterocycles. The smallest absolute Gasteiger partial charge is 0.220 e. The standard InChI is InChI=1S/C13H21N3OS/c1-8(12(14)17)7-11-9(2)18-13(16-11)10-5-3-4-6-15-10/h8,10,15H,3-7H2,1-2H3,(H2,14,17). The molecule has 0 aromatic carbocycles. The molecule has 1 amide bonds. The Bertz CT molecular complexity index is 424. The van der Waals surface area contributed by atoms with Crippen molar-refractivity contribution in [2.24, 2.45) is 11.7 Å². The van der Waals surface area contributed by atoms with E-state index in [0.29, 0.717) is 12.5 Å². The molecule has 0 aliphatic carbocycles. The fourth-order valence-corrected chi connectivity index (χ4v) is 3.30. The van der Waals surface area contributed by atoms with Crippen LogP contribution in [-0.4, -0.2) is 17.4 Å². The van der Waals surface area contributed by atoms with Gasteiger partial charge in [0, 0.05) is 17.2 Å². The van der Waals surface area contributed by atoms with Crippen LogP contribution >= 0.6 is 11.3 Å². The first-order valence-electron chi connectivity index (χ1n) is 6.57. The third kappa shape index (κ3) is 3.09. The molecule has 1 aliphatic heterocycles. The number of carbonyl (C=O) groups is 1. The number of hydrogen-bond donors (Lipinski definition) is 2. The van der Waals surface area contributed by atoms with Gasteiger partial charge in [0.1, 0.15) is 5.01 Å². The first-order chi connectivity index (χ1) is 8.58. The number of nitrogens with one attached hydrogen (secondary N) is 1. The van der Waals surface area contributed by atoms with E-state index in [0.717, 1.165) is 18.7 Å². The van der Waals surface area contributed by atoms with E-state index < -0.39 is 0 Å². The van der Waals surface area contributed by atoms with Crippen LogP contribution in [-0.2, 0) is 11.2 Å². The maximum absolute atomic E-state index is 11.1. The maximum Gasteiger partial charge on any atom is 0.220 e. The van der Waals surface area contributed by atoms with Crippen molar-refractivity contribution in [1.29, 1.82) is 0 Å². The molecule has 0 saturated carbocycles. The Hall–Kier alpha value is -0.940. The number of nitrogens with two attached hydrogens (primary N) is 1. The van der Waals surface area contributed by atoms with Gasteiger partial charge in [-0.05, 0) is 26.3 Å². The van der Waals surface area contributed by atoms with Gasteiger partial charge in [-0.3, -0.25) is 4.79 Å². The highest BCUT2D eigenvalue weighted by molar-refractivity contribution is 7.11. The number of rotatable bonds is 4. The summed E-state index contributed by atoms with van der Waals surface area (Å²) in [5.74, 6) is -0.391. The predicted octanol–water partition coefficient (Wildman–Crippen LogP) is 1.93. The van der Waals surface area contributed by atoms with Crippen LogP contribution in [0.2, 0.25) is 0 Å². The average Bonchev–Trinajstić information content (AvgIpc) is 2.72. The average molecular weight is 267 g/mol. The van der Waals surface area contributed by atoms with Crippen LogP contribution < -0.4 is 11.1 Å². The fraction of sp³-hybridized carbons (Fsp3) is 0.692. The van der Waals surface area contributed by atoms with Gasteiger partial charge in [-0.1, -0.05) is 13.3 Å². The number of nitrogens with zero attached hydrogens (tertiary/aromatic N) is 1. The normalized spacial score (nSPS) is 21.8. The van der Waals surface area contributed by atoms with Crippen molar-refractivity contribution >= 4 is 17.2 Å². The van der Waals surface area contributed by atoms with Gasteiger partial charge in [-0.25, -0.2) is 4.98 Å². The lowest BCUT2D eigenvalue weighted by Gasteiger charge is -2.21. The number of aryl methyl sites for hydroxylation is 1. The number of hydrogen-bond acceptors (Lipinski definition) is 4. The molecule has 1 fully saturated rings. The Labute approximate surface area is 112 Å². The molecule has 3 N–H and O–H groups in total. The van der Waals surface area contributed by atoms with Crippen molar-refractivity contribution in [3.8, 4) is 0 Å². The molecule has 5 heteroatoms. The van der Waals surface area contributed by atoms with Crippen LogP contribution in [0.15, 0.2) is 0 Å². The first-order valence-corrected chi connectivity index (χ1v) is 7.38. The highest BCUT2D eigenvalue weighted by Crippen LogP contribution is 2.29. The van der Waals surface area contributed by atoms with Crippen LogP contribution in [0, 0.1) is 12.8 Å². The molecule has 18 heavy (non-hydrogen) atoms.